The summed E-state index contributed by atoms with van der Waals surface area (Å²) in [6, 6.07) is 0.514. The fraction of sp³-hybridized carbons (Fsp3) is 0.643. The number of hydrogen-bond donors (Lipinski definition) is 0. The molecule has 1 aliphatic carbocycles. The van der Waals surface area contributed by atoms with Crippen LogP contribution in [-0.2, 0) is 13.6 Å². The molecule has 0 amide bonds. The maximum atomic E-state index is 4.39. The van der Waals surface area contributed by atoms with Gasteiger partial charge in [0.25, 0.3) is 0 Å². The molecule has 6 heteroatoms. The second-order valence-corrected chi connectivity index (χ2v) is 6.15. The molecule has 3 heterocycles. The molecule has 0 bridgehead atoms. The molecule has 0 aromatic carbocycles. The van der Waals surface area contributed by atoms with Gasteiger partial charge in [-0.1, -0.05) is 0 Å². The number of aromatic nitrogens is 5. The Balaban J connectivity index is 1.37. The van der Waals surface area contributed by atoms with E-state index in [1.807, 2.05) is 6.20 Å². The minimum atomic E-state index is 0.514. The van der Waals surface area contributed by atoms with Gasteiger partial charge in [0, 0.05) is 32.3 Å². The molecule has 0 spiro atoms. The molecule has 6 nitrogen and oxygen atoms in total. The Hall–Kier alpha value is -1.69. The molecule has 2 aliphatic rings. The quantitative estimate of drug-likeness (QED) is 0.840. The molecule has 1 saturated carbocycles. The zero-order valence-electron chi connectivity index (χ0n) is 12.0. The van der Waals surface area contributed by atoms with Crippen molar-refractivity contribution in [1.29, 1.82) is 0 Å². The van der Waals surface area contributed by atoms with Crippen LogP contribution in [0.2, 0.25) is 0 Å². The number of hydrogen-bond acceptors (Lipinski definition) is 4. The Morgan fingerprint density at radius 3 is 2.70 bits per heavy atom. The number of aryl methyl sites for hydroxylation is 1. The molecular formula is C14H20N6. The Bertz CT molecular complexity index is 617. The minimum absolute atomic E-state index is 0.514. The number of rotatable bonds is 4. The zero-order valence-corrected chi connectivity index (χ0v) is 12.0. The molecule has 2 fully saturated rings. The lowest BCUT2D eigenvalue weighted by Crippen LogP contribution is -2.47. The fourth-order valence-electron chi connectivity index (χ4n) is 2.88. The molecule has 1 saturated heterocycles. The van der Waals surface area contributed by atoms with Crippen LogP contribution in [0, 0.1) is 6.92 Å². The van der Waals surface area contributed by atoms with E-state index in [4.69, 9.17) is 0 Å². The molecule has 2 aromatic rings. The van der Waals surface area contributed by atoms with E-state index in [2.05, 4.69) is 49.6 Å². The van der Waals surface area contributed by atoms with Gasteiger partial charge in [0.1, 0.15) is 11.6 Å². The Morgan fingerprint density at radius 2 is 2.05 bits per heavy atom. The van der Waals surface area contributed by atoms with E-state index in [9.17, 15) is 0 Å². The van der Waals surface area contributed by atoms with Gasteiger partial charge in [0.15, 0.2) is 0 Å². The van der Waals surface area contributed by atoms with Crippen molar-refractivity contribution < 1.29 is 0 Å². The summed E-state index contributed by atoms with van der Waals surface area (Å²) in [6.45, 7) is 5.07. The van der Waals surface area contributed by atoms with E-state index >= 15 is 0 Å². The standard InChI is InChI=1S/C14H20N6/c1-10-5-15-20(6-10)12-7-19(8-12)9-13-16-17-14(18(13)2)11-3-4-11/h5-6,11-12H,3-4,7-9H2,1-2H3. The first-order chi connectivity index (χ1) is 9.70. The lowest BCUT2D eigenvalue weighted by Gasteiger charge is -2.38. The van der Waals surface area contributed by atoms with E-state index < -0.39 is 0 Å². The molecule has 1 aliphatic heterocycles. The van der Waals surface area contributed by atoms with Gasteiger partial charge in [0.05, 0.1) is 18.8 Å². The summed E-state index contributed by atoms with van der Waals surface area (Å²) in [6.07, 6.45) is 6.59. The highest BCUT2D eigenvalue weighted by molar-refractivity contribution is 5.08. The van der Waals surface area contributed by atoms with Gasteiger partial charge in [-0.3, -0.25) is 9.58 Å². The van der Waals surface area contributed by atoms with Crippen LogP contribution in [0.5, 0.6) is 0 Å². The van der Waals surface area contributed by atoms with Crippen LogP contribution in [0.15, 0.2) is 12.4 Å². The van der Waals surface area contributed by atoms with Crippen molar-refractivity contribution in [3.05, 3.63) is 29.6 Å². The molecule has 2 aromatic heterocycles. The van der Waals surface area contributed by atoms with Gasteiger partial charge in [-0.15, -0.1) is 10.2 Å². The van der Waals surface area contributed by atoms with Crippen LogP contribution < -0.4 is 0 Å². The molecule has 0 radical (unpaired) electrons. The molecule has 4 rings (SSSR count). The lowest BCUT2D eigenvalue weighted by molar-refractivity contribution is 0.0870. The van der Waals surface area contributed by atoms with Gasteiger partial charge in [0.2, 0.25) is 0 Å². The monoisotopic (exact) mass is 272 g/mol. The van der Waals surface area contributed by atoms with Gasteiger partial charge >= 0.3 is 0 Å². The summed E-state index contributed by atoms with van der Waals surface area (Å²) in [5.41, 5.74) is 1.23. The average molecular weight is 272 g/mol. The second kappa shape index (κ2) is 4.41. The van der Waals surface area contributed by atoms with Crippen molar-refractivity contribution >= 4 is 0 Å². The predicted octanol–water partition coefficient (Wildman–Crippen LogP) is 1.25. The highest BCUT2D eigenvalue weighted by atomic mass is 15.4. The first-order valence-electron chi connectivity index (χ1n) is 7.32. The van der Waals surface area contributed by atoms with Gasteiger partial charge in [-0.25, -0.2) is 0 Å². The molecule has 0 atom stereocenters. The molecule has 0 N–H and O–H groups in total. The topological polar surface area (TPSA) is 51.8 Å². The minimum Gasteiger partial charge on any atom is -0.317 e. The normalized spacial score (nSPS) is 20.3. The van der Waals surface area contributed by atoms with Crippen LogP contribution in [-0.4, -0.2) is 42.5 Å². The highest BCUT2D eigenvalue weighted by Gasteiger charge is 2.32. The van der Waals surface area contributed by atoms with E-state index in [1.54, 1.807) is 0 Å². The van der Waals surface area contributed by atoms with Crippen molar-refractivity contribution in [2.45, 2.75) is 38.3 Å². The smallest absolute Gasteiger partial charge is 0.146 e. The van der Waals surface area contributed by atoms with E-state index in [0.717, 1.165) is 25.5 Å². The van der Waals surface area contributed by atoms with Gasteiger partial charge < -0.3 is 4.57 Å². The lowest BCUT2D eigenvalue weighted by atomic mass is 10.1. The first-order valence-corrected chi connectivity index (χ1v) is 7.32. The summed E-state index contributed by atoms with van der Waals surface area (Å²) in [7, 11) is 2.09. The van der Waals surface area contributed by atoms with Crippen LogP contribution in [0.4, 0.5) is 0 Å². The van der Waals surface area contributed by atoms with Gasteiger partial charge in [-0.05, 0) is 25.3 Å². The average Bonchev–Trinajstić information content (AvgIpc) is 3.03. The third-order valence-electron chi connectivity index (χ3n) is 4.35. The van der Waals surface area contributed by atoms with Crippen LogP contribution in [0.25, 0.3) is 0 Å². The van der Waals surface area contributed by atoms with Crippen molar-refractivity contribution in [3.63, 3.8) is 0 Å². The molecule has 0 unspecified atom stereocenters. The molecule has 106 valence electrons. The maximum Gasteiger partial charge on any atom is 0.146 e. The van der Waals surface area contributed by atoms with E-state index in [0.29, 0.717) is 12.0 Å². The zero-order chi connectivity index (χ0) is 13.7. The summed E-state index contributed by atoms with van der Waals surface area (Å²) >= 11 is 0. The number of likely N-dealkylation sites (tertiary alicyclic amines) is 1. The van der Waals surface area contributed by atoms with Crippen molar-refractivity contribution in [3.8, 4) is 0 Å². The highest BCUT2D eigenvalue weighted by Crippen LogP contribution is 2.38. The summed E-state index contributed by atoms with van der Waals surface area (Å²) in [5.74, 6) is 2.92. The second-order valence-electron chi connectivity index (χ2n) is 6.15. The fourth-order valence-corrected chi connectivity index (χ4v) is 2.88. The third-order valence-corrected chi connectivity index (χ3v) is 4.35. The van der Waals surface area contributed by atoms with Crippen molar-refractivity contribution in [2.75, 3.05) is 13.1 Å². The Kier molecular flexibility index (Phi) is 2.66. The number of nitrogens with zero attached hydrogens (tertiary/aromatic N) is 6. The molecule has 20 heavy (non-hydrogen) atoms. The third kappa shape index (κ3) is 2.04. The Morgan fingerprint density at radius 1 is 1.25 bits per heavy atom. The SMILES string of the molecule is Cc1cnn(C2CN(Cc3nnc(C4CC4)n3C)C2)c1. The van der Waals surface area contributed by atoms with Crippen LogP contribution in [0.3, 0.4) is 0 Å². The van der Waals surface area contributed by atoms with Gasteiger partial charge in [-0.2, -0.15) is 5.10 Å². The van der Waals surface area contributed by atoms with Crippen molar-refractivity contribution in [2.24, 2.45) is 7.05 Å². The van der Waals surface area contributed by atoms with E-state index in [1.165, 1.54) is 24.2 Å². The van der Waals surface area contributed by atoms with Crippen LogP contribution >= 0.6 is 0 Å². The maximum absolute atomic E-state index is 4.39. The largest absolute Gasteiger partial charge is 0.317 e. The van der Waals surface area contributed by atoms with Crippen LogP contribution in [0.1, 0.15) is 42.0 Å². The summed E-state index contributed by atoms with van der Waals surface area (Å²) in [5, 5.41) is 13.1. The molecular weight excluding hydrogens is 252 g/mol. The Labute approximate surface area is 118 Å². The predicted molar refractivity (Wildman–Crippen MR) is 74.3 cm³/mol. The van der Waals surface area contributed by atoms with Crippen molar-refractivity contribution in [1.82, 2.24) is 29.4 Å². The summed E-state index contributed by atoms with van der Waals surface area (Å²) in [4.78, 5) is 2.41. The first kappa shape index (κ1) is 12.1. The van der Waals surface area contributed by atoms with E-state index in [-0.39, 0.29) is 0 Å². The summed E-state index contributed by atoms with van der Waals surface area (Å²) < 4.78 is 4.27.